The van der Waals surface area contributed by atoms with E-state index in [2.05, 4.69) is 20.4 Å². The Morgan fingerprint density at radius 2 is 2.20 bits per heavy atom. The maximum Gasteiger partial charge on any atom is 0.228 e. The largest absolute Gasteiger partial charge is 0.472 e. The van der Waals surface area contributed by atoms with Crippen LogP contribution in [0.5, 0.6) is 0 Å². The van der Waals surface area contributed by atoms with Crippen molar-refractivity contribution < 1.29 is 8.94 Å². The Morgan fingerprint density at radius 3 is 3.00 bits per heavy atom. The van der Waals surface area contributed by atoms with Crippen LogP contribution in [0.15, 0.2) is 51.9 Å². The smallest absolute Gasteiger partial charge is 0.228 e. The number of nitrogens with zero attached hydrogens (tertiary/aromatic N) is 3. The molecule has 102 valence electrons. The Balaban J connectivity index is 1.50. The van der Waals surface area contributed by atoms with Crippen molar-refractivity contribution in [1.29, 1.82) is 0 Å². The van der Waals surface area contributed by atoms with E-state index in [0.29, 0.717) is 23.8 Å². The van der Waals surface area contributed by atoms with Crippen LogP contribution in [-0.2, 0) is 13.0 Å². The van der Waals surface area contributed by atoms with E-state index >= 15 is 0 Å². The van der Waals surface area contributed by atoms with E-state index < -0.39 is 0 Å². The Labute approximate surface area is 115 Å². The molecule has 0 unspecified atom stereocenters. The summed E-state index contributed by atoms with van der Waals surface area (Å²) in [5, 5.41) is 7.21. The summed E-state index contributed by atoms with van der Waals surface area (Å²) in [5.41, 5.74) is 1.83. The Hall–Kier alpha value is -2.47. The molecular formula is C14H14N4O2. The van der Waals surface area contributed by atoms with Crippen LogP contribution >= 0.6 is 0 Å². The average Bonchev–Trinajstić information content (AvgIpc) is 3.16. The molecule has 0 aliphatic rings. The topological polar surface area (TPSA) is 77.0 Å². The number of hydrogen-bond donors (Lipinski definition) is 1. The number of nitrogens with one attached hydrogen (secondary N) is 1. The van der Waals surface area contributed by atoms with Crippen LogP contribution < -0.4 is 5.32 Å². The second kappa shape index (κ2) is 6.12. The zero-order chi connectivity index (χ0) is 13.6. The summed E-state index contributed by atoms with van der Waals surface area (Å²) in [7, 11) is 0. The molecule has 0 bridgehead atoms. The van der Waals surface area contributed by atoms with Crippen LogP contribution in [0, 0.1) is 0 Å². The molecule has 1 N–H and O–H groups in total. The Morgan fingerprint density at radius 1 is 1.20 bits per heavy atom. The number of pyridine rings is 1. The van der Waals surface area contributed by atoms with Gasteiger partial charge in [-0.25, -0.2) is 0 Å². The summed E-state index contributed by atoms with van der Waals surface area (Å²) in [6.07, 6.45) is 5.77. The molecule has 3 aromatic rings. The zero-order valence-corrected chi connectivity index (χ0v) is 10.8. The van der Waals surface area contributed by atoms with Crippen LogP contribution in [0.2, 0.25) is 0 Å². The van der Waals surface area contributed by atoms with Crippen molar-refractivity contribution in [3.05, 3.63) is 54.4 Å². The van der Waals surface area contributed by atoms with E-state index in [1.807, 2.05) is 24.3 Å². The lowest BCUT2D eigenvalue weighted by Gasteiger charge is -1.99. The van der Waals surface area contributed by atoms with E-state index in [-0.39, 0.29) is 0 Å². The fraction of sp³-hybridized carbons (Fsp3) is 0.214. The zero-order valence-electron chi connectivity index (χ0n) is 10.8. The van der Waals surface area contributed by atoms with Gasteiger partial charge in [0.15, 0.2) is 0 Å². The quantitative estimate of drug-likeness (QED) is 0.691. The van der Waals surface area contributed by atoms with Gasteiger partial charge in [-0.1, -0.05) is 11.2 Å². The minimum atomic E-state index is 0.524. The van der Waals surface area contributed by atoms with Gasteiger partial charge in [-0.05, 0) is 18.2 Å². The first-order valence-electron chi connectivity index (χ1n) is 6.37. The number of aromatic nitrogens is 3. The van der Waals surface area contributed by atoms with Gasteiger partial charge in [0.25, 0.3) is 0 Å². The molecule has 0 atom stereocenters. The molecule has 0 spiro atoms. The Kier molecular flexibility index (Phi) is 3.84. The first kappa shape index (κ1) is 12.6. The molecule has 0 fully saturated rings. The molecule has 6 heteroatoms. The molecule has 20 heavy (non-hydrogen) atoms. The monoisotopic (exact) mass is 270 g/mol. The number of rotatable bonds is 6. The fourth-order valence-corrected chi connectivity index (χ4v) is 1.78. The number of hydrogen-bond acceptors (Lipinski definition) is 6. The maximum atomic E-state index is 5.20. The molecule has 0 aliphatic heterocycles. The van der Waals surface area contributed by atoms with Gasteiger partial charge in [-0.15, -0.1) is 0 Å². The molecule has 0 aromatic carbocycles. The van der Waals surface area contributed by atoms with Gasteiger partial charge in [0, 0.05) is 31.3 Å². The van der Waals surface area contributed by atoms with Gasteiger partial charge < -0.3 is 14.3 Å². The lowest BCUT2D eigenvalue weighted by atomic mass is 10.3. The standard InChI is InChI=1S/C14H14N4O2/c1-2-6-16-12(3-1)14-17-13(20-18-14)4-7-15-9-11-5-8-19-10-11/h1-3,5-6,8,10,15H,4,7,9H2. The highest BCUT2D eigenvalue weighted by Gasteiger charge is 2.08. The second-order valence-corrected chi connectivity index (χ2v) is 4.29. The van der Waals surface area contributed by atoms with Crippen LogP contribution in [-0.4, -0.2) is 21.7 Å². The van der Waals surface area contributed by atoms with E-state index in [0.717, 1.165) is 18.7 Å². The minimum Gasteiger partial charge on any atom is -0.472 e. The minimum absolute atomic E-state index is 0.524. The third-order valence-corrected chi connectivity index (χ3v) is 2.79. The van der Waals surface area contributed by atoms with Gasteiger partial charge in [-0.2, -0.15) is 4.98 Å². The molecule has 6 nitrogen and oxygen atoms in total. The van der Waals surface area contributed by atoms with Crippen molar-refractivity contribution in [2.24, 2.45) is 0 Å². The summed E-state index contributed by atoms with van der Waals surface area (Å²) in [6, 6.07) is 7.53. The van der Waals surface area contributed by atoms with Gasteiger partial charge >= 0.3 is 0 Å². The molecule has 0 saturated heterocycles. The average molecular weight is 270 g/mol. The first-order chi connectivity index (χ1) is 9.92. The predicted molar refractivity (Wildman–Crippen MR) is 71.6 cm³/mol. The molecular weight excluding hydrogens is 256 g/mol. The highest BCUT2D eigenvalue weighted by molar-refractivity contribution is 5.46. The lowest BCUT2D eigenvalue weighted by molar-refractivity contribution is 0.376. The van der Waals surface area contributed by atoms with Crippen molar-refractivity contribution in [3.63, 3.8) is 0 Å². The third-order valence-electron chi connectivity index (χ3n) is 2.79. The molecule has 3 heterocycles. The van der Waals surface area contributed by atoms with Crippen molar-refractivity contribution in [3.8, 4) is 11.5 Å². The van der Waals surface area contributed by atoms with Gasteiger partial charge in [0.1, 0.15) is 5.69 Å². The van der Waals surface area contributed by atoms with E-state index in [1.165, 1.54) is 0 Å². The fourth-order valence-electron chi connectivity index (χ4n) is 1.78. The predicted octanol–water partition coefficient (Wildman–Crippen LogP) is 2.06. The summed E-state index contributed by atoms with van der Waals surface area (Å²) < 4.78 is 10.2. The summed E-state index contributed by atoms with van der Waals surface area (Å²) >= 11 is 0. The highest BCUT2D eigenvalue weighted by Crippen LogP contribution is 2.11. The SMILES string of the molecule is c1ccc(-c2noc(CCNCc3ccoc3)n2)nc1. The van der Waals surface area contributed by atoms with Gasteiger partial charge in [-0.3, -0.25) is 4.98 Å². The first-order valence-corrected chi connectivity index (χ1v) is 6.37. The third kappa shape index (κ3) is 3.10. The molecule has 3 rings (SSSR count). The maximum absolute atomic E-state index is 5.20. The van der Waals surface area contributed by atoms with Crippen LogP contribution in [0.4, 0.5) is 0 Å². The highest BCUT2D eigenvalue weighted by atomic mass is 16.5. The van der Waals surface area contributed by atoms with E-state index in [9.17, 15) is 0 Å². The normalized spacial score (nSPS) is 10.8. The Bertz CT molecular complexity index is 634. The molecule has 0 amide bonds. The number of furan rings is 1. The molecule has 3 aromatic heterocycles. The second-order valence-electron chi connectivity index (χ2n) is 4.29. The van der Waals surface area contributed by atoms with Crippen molar-refractivity contribution in [2.75, 3.05) is 6.54 Å². The van der Waals surface area contributed by atoms with Crippen LogP contribution in [0.3, 0.4) is 0 Å². The summed E-state index contributed by atoms with van der Waals surface area (Å²) in [4.78, 5) is 8.50. The van der Waals surface area contributed by atoms with Crippen LogP contribution in [0.1, 0.15) is 11.5 Å². The summed E-state index contributed by atoms with van der Waals surface area (Å²) in [6.45, 7) is 1.52. The lowest BCUT2D eigenvalue weighted by Crippen LogP contribution is -2.16. The van der Waals surface area contributed by atoms with E-state index in [4.69, 9.17) is 8.94 Å². The molecule has 0 aliphatic carbocycles. The van der Waals surface area contributed by atoms with Crippen LogP contribution in [0.25, 0.3) is 11.5 Å². The van der Waals surface area contributed by atoms with Crippen molar-refractivity contribution in [1.82, 2.24) is 20.4 Å². The van der Waals surface area contributed by atoms with Crippen molar-refractivity contribution in [2.45, 2.75) is 13.0 Å². The van der Waals surface area contributed by atoms with Gasteiger partial charge in [0.2, 0.25) is 11.7 Å². The van der Waals surface area contributed by atoms with Crippen molar-refractivity contribution >= 4 is 0 Å². The molecule has 0 saturated carbocycles. The van der Waals surface area contributed by atoms with E-state index in [1.54, 1.807) is 18.7 Å². The summed E-state index contributed by atoms with van der Waals surface area (Å²) in [5.74, 6) is 1.13. The van der Waals surface area contributed by atoms with Gasteiger partial charge in [0.05, 0.1) is 12.5 Å². The molecule has 0 radical (unpaired) electrons.